The molecule has 2 nitrogen and oxygen atoms in total. The largest absolute Gasteiger partial charge is 0.496 e. The number of carbonyl (C=O) groups is 1. The molecule has 0 aliphatic carbocycles. The van der Waals surface area contributed by atoms with Crippen LogP contribution >= 0.6 is 27.3 Å². The minimum absolute atomic E-state index is 0.736. The van der Waals surface area contributed by atoms with E-state index < -0.39 is 0 Å². The van der Waals surface area contributed by atoms with Gasteiger partial charge in [-0.05, 0) is 39.5 Å². The van der Waals surface area contributed by atoms with Crippen LogP contribution in [0.25, 0.3) is 10.1 Å². The van der Waals surface area contributed by atoms with E-state index >= 15 is 0 Å². The molecule has 0 aliphatic heterocycles. The third-order valence-electron chi connectivity index (χ3n) is 1.93. The monoisotopic (exact) mass is 270 g/mol. The summed E-state index contributed by atoms with van der Waals surface area (Å²) in [6, 6.07) is 5.76. The fourth-order valence-electron chi connectivity index (χ4n) is 1.28. The first-order valence-corrected chi connectivity index (χ1v) is 5.58. The van der Waals surface area contributed by atoms with Gasteiger partial charge in [0.15, 0.2) is 6.29 Å². The van der Waals surface area contributed by atoms with Crippen molar-refractivity contribution in [2.75, 3.05) is 7.11 Å². The predicted octanol–water partition coefficient (Wildman–Crippen LogP) is 3.48. The summed E-state index contributed by atoms with van der Waals surface area (Å²) < 4.78 is 7.13. The lowest BCUT2D eigenvalue weighted by Crippen LogP contribution is -1.82. The lowest BCUT2D eigenvalue weighted by atomic mass is 10.2. The number of fused-ring (bicyclic) bond motifs is 1. The molecule has 14 heavy (non-hydrogen) atoms. The Bertz CT molecular complexity index is 490. The molecule has 0 N–H and O–H groups in total. The maximum atomic E-state index is 10.6. The quantitative estimate of drug-likeness (QED) is 0.781. The van der Waals surface area contributed by atoms with Crippen LogP contribution in [-0.4, -0.2) is 13.4 Å². The van der Waals surface area contributed by atoms with Gasteiger partial charge in [0.2, 0.25) is 0 Å². The van der Waals surface area contributed by atoms with Gasteiger partial charge in [0.05, 0.1) is 16.5 Å². The van der Waals surface area contributed by atoms with E-state index in [1.54, 1.807) is 7.11 Å². The summed E-state index contributed by atoms with van der Waals surface area (Å²) in [5, 5.41) is 1.06. The topological polar surface area (TPSA) is 26.3 Å². The lowest BCUT2D eigenvalue weighted by Gasteiger charge is -2.01. The maximum absolute atomic E-state index is 10.6. The number of hydrogen-bond acceptors (Lipinski definition) is 3. The van der Waals surface area contributed by atoms with Gasteiger partial charge in [-0.2, -0.15) is 0 Å². The number of rotatable bonds is 2. The van der Waals surface area contributed by atoms with Crippen LogP contribution in [0.15, 0.2) is 22.7 Å². The van der Waals surface area contributed by atoms with Gasteiger partial charge in [-0.15, -0.1) is 11.3 Å². The average molecular weight is 271 g/mol. The van der Waals surface area contributed by atoms with E-state index in [1.165, 1.54) is 11.3 Å². The molecule has 1 aromatic heterocycles. The van der Waals surface area contributed by atoms with Crippen molar-refractivity contribution in [3.05, 3.63) is 27.5 Å². The van der Waals surface area contributed by atoms with E-state index in [4.69, 9.17) is 4.74 Å². The molecule has 72 valence electrons. The molecule has 2 rings (SSSR count). The number of carbonyl (C=O) groups excluding carboxylic acids is 1. The molecule has 4 heteroatoms. The number of thiophene rings is 1. The number of halogens is 1. The molecule has 0 aliphatic rings. The minimum Gasteiger partial charge on any atom is -0.496 e. The van der Waals surface area contributed by atoms with Crippen LogP contribution in [-0.2, 0) is 0 Å². The van der Waals surface area contributed by atoms with Crippen molar-refractivity contribution < 1.29 is 9.53 Å². The fraction of sp³-hybridized carbons (Fsp3) is 0.100. The summed E-state index contributed by atoms with van der Waals surface area (Å²) >= 11 is 4.87. The Morgan fingerprint density at radius 2 is 2.21 bits per heavy atom. The van der Waals surface area contributed by atoms with Crippen LogP contribution in [0.3, 0.4) is 0 Å². The van der Waals surface area contributed by atoms with Crippen LogP contribution < -0.4 is 4.74 Å². The highest BCUT2D eigenvalue weighted by Gasteiger charge is 2.06. The van der Waals surface area contributed by atoms with Gasteiger partial charge in [0.1, 0.15) is 5.75 Å². The van der Waals surface area contributed by atoms with Gasteiger partial charge < -0.3 is 4.74 Å². The Morgan fingerprint density at radius 3 is 2.86 bits per heavy atom. The Morgan fingerprint density at radius 1 is 1.43 bits per heavy atom. The van der Waals surface area contributed by atoms with Gasteiger partial charge in [-0.1, -0.05) is 0 Å². The van der Waals surface area contributed by atoms with Crippen LogP contribution in [0.1, 0.15) is 9.67 Å². The molecule has 0 atom stereocenters. The number of ether oxygens (including phenoxy) is 1. The zero-order chi connectivity index (χ0) is 10.1. The summed E-state index contributed by atoms with van der Waals surface area (Å²) in [5.74, 6) is 0.789. The van der Waals surface area contributed by atoms with Gasteiger partial charge in [-0.3, -0.25) is 4.79 Å². The van der Waals surface area contributed by atoms with E-state index in [0.29, 0.717) is 0 Å². The first kappa shape index (κ1) is 9.68. The zero-order valence-corrected chi connectivity index (χ0v) is 9.81. The SMILES string of the molecule is COc1cc2sc(C=O)cc2cc1Br. The molecule has 1 aromatic carbocycles. The standard InChI is InChI=1S/C10H7BrO2S/c1-13-9-4-10-6(3-8(9)11)2-7(5-12)14-10/h2-5H,1H3. The second-order valence-corrected chi connectivity index (χ2v) is 4.76. The highest BCUT2D eigenvalue weighted by atomic mass is 79.9. The van der Waals surface area contributed by atoms with E-state index in [9.17, 15) is 4.79 Å². The molecule has 0 fully saturated rings. The van der Waals surface area contributed by atoms with Crippen molar-refractivity contribution >= 4 is 43.6 Å². The van der Waals surface area contributed by atoms with Crippen molar-refractivity contribution in [2.24, 2.45) is 0 Å². The fourth-order valence-corrected chi connectivity index (χ4v) is 2.69. The Balaban J connectivity index is 2.69. The highest BCUT2D eigenvalue weighted by molar-refractivity contribution is 9.10. The zero-order valence-electron chi connectivity index (χ0n) is 7.41. The summed E-state index contributed by atoms with van der Waals surface area (Å²) in [4.78, 5) is 11.3. The molecular formula is C10H7BrO2S. The van der Waals surface area contributed by atoms with Crippen molar-refractivity contribution in [1.82, 2.24) is 0 Å². The average Bonchev–Trinajstić information content (AvgIpc) is 2.58. The first-order chi connectivity index (χ1) is 6.74. The Kier molecular flexibility index (Phi) is 2.56. The van der Waals surface area contributed by atoms with Crippen molar-refractivity contribution in [3.63, 3.8) is 0 Å². The van der Waals surface area contributed by atoms with E-state index in [2.05, 4.69) is 15.9 Å². The molecular weight excluding hydrogens is 264 g/mol. The smallest absolute Gasteiger partial charge is 0.160 e. The molecule has 2 aromatic rings. The number of aldehydes is 1. The van der Waals surface area contributed by atoms with Gasteiger partial charge >= 0.3 is 0 Å². The molecule has 0 bridgehead atoms. The number of benzene rings is 1. The van der Waals surface area contributed by atoms with Crippen LogP contribution in [0.2, 0.25) is 0 Å². The number of hydrogen-bond donors (Lipinski definition) is 0. The maximum Gasteiger partial charge on any atom is 0.160 e. The van der Waals surface area contributed by atoms with Crippen LogP contribution in [0.5, 0.6) is 5.75 Å². The summed E-state index contributed by atoms with van der Waals surface area (Å²) in [7, 11) is 1.63. The van der Waals surface area contributed by atoms with Crippen LogP contribution in [0, 0.1) is 0 Å². The van der Waals surface area contributed by atoms with Crippen molar-refractivity contribution in [2.45, 2.75) is 0 Å². The molecule has 0 spiro atoms. The summed E-state index contributed by atoms with van der Waals surface area (Å²) in [6.45, 7) is 0. The van der Waals surface area contributed by atoms with E-state index in [1.807, 2.05) is 18.2 Å². The second kappa shape index (κ2) is 3.71. The molecule has 1 heterocycles. The van der Waals surface area contributed by atoms with Crippen LogP contribution in [0.4, 0.5) is 0 Å². The highest BCUT2D eigenvalue weighted by Crippen LogP contribution is 2.34. The van der Waals surface area contributed by atoms with Gasteiger partial charge in [0, 0.05) is 4.70 Å². The summed E-state index contributed by atoms with van der Waals surface area (Å²) in [6.07, 6.45) is 0.866. The van der Waals surface area contributed by atoms with Crippen molar-refractivity contribution in [1.29, 1.82) is 0 Å². The molecule has 0 unspecified atom stereocenters. The minimum atomic E-state index is 0.736. The molecule has 0 saturated carbocycles. The number of methoxy groups -OCH3 is 1. The third-order valence-corrected chi connectivity index (χ3v) is 3.57. The summed E-state index contributed by atoms with van der Waals surface area (Å²) in [5.41, 5.74) is 0. The normalized spacial score (nSPS) is 10.4. The molecule has 0 saturated heterocycles. The van der Waals surface area contributed by atoms with E-state index in [-0.39, 0.29) is 0 Å². The van der Waals surface area contributed by atoms with Crippen molar-refractivity contribution in [3.8, 4) is 5.75 Å². The third kappa shape index (κ3) is 1.55. The second-order valence-electron chi connectivity index (χ2n) is 2.79. The first-order valence-electron chi connectivity index (χ1n) is 3.97. The van der Waals surface area contributed by atoms with Gasteiger partial charge in [-0.25, -0.2) is 0 Å². The van der Waals surface area contributed by atoms with Gasteiger partial charge in [0.25, 0.3) is 0 Å². The predicted molar refractivity (Wildman–Crippen MR) is 61.5 cm³/mol. The Labute approximate surface area is 93.6 Å². The lowest BCUT2D eigenvalue weighted by molar-refractivity contribution is 0.112. The Hall–Kier alpha value is -0.870. The molecule has 0 radical (unpaired) electrons. The molecule has 0 amide bonds. The van der Waals surface area contributed by atoms with E-state index in [0.717, 1.165) is 31.5 Å².